The van der Waals surface area contributed by atoms with E-state index in [1.165, 1.54) is 0 Å². The van der Waals surface area contributed by atoms with E-state index in [0.717, 1.165) is 27.8 Å². The van der Waals surface area contributed by atoms with Crippen LogP contribution in [-0.4, -0.2) is 0 Å². The Morgan fingerprint density at radius 1 is 0.375 bits per heavy atom. The molecular formula is C20H10Cl4. The average Bonchev–Trinajstić information content (AvgIpc) is 3.32. The van der Waals surface area contributed by atoms with Gasteiger partial charge in [-0.15, -0.1) is 0 Å². The molecule has 0 saturated heterocycles. The first-order chi connectivity index (χ1) is 11.6. The van der Waals surface area contributed by atoms with Crippen LogP contribution in [0.1, 0.15) is 11.1 Å². The second-order valence-electron chi connectivity index (χ2n) is 5.49. The molecular weight excluding hydrogens is 382 g/mol. The van der Waals surface area contributed by atoms with E-state index in [0.29, 0.717) is 25.7 Å². The molecule has 2 aliphatic rings. The summed E-state index contributed by atoms with van der Waals surface area (Å²) >= 11 is 25.2. The molecule has 2 aliphatic carbocycles. The Labute approximate surface area is 160 Å². The molecule has 0 nitrogen and oxygen atoms in total. The summed E-state index contributed by atoms with van der Waals surface area (Å²) in [6.45, 7) is 0. The van der Waals surface area contributed by atoms with Crippen LogP contribution in [0.3, 0.4) is 0 Å². The molecule has 0 heterocycles. The van der Waals surface area contributed by atoms with E-state index in [4.69, 9.17) is 46.4 Å². The first kappa shape index (κ1) is 16.1. The molecule has 2 aromatic carbocycles. The molecule has 0 saturated carbocycles. The van der Waals surface area contributed by atoms with Crippen molar-refractivity contribution in [1.82, 2.24) is 0 Å². The molecule has 0 radical (unpaired) electrons. The van der Waals surface area contributed by atoms with E-state index >= 15 is 0 Å². The Kier molecular flexibility index (Phi) is 4.10. The number of benzene rings is 2. The summed E-state index contributed by atoms with van der Waals surface area (Å²) in [5, 5.41) is 1.41. The summed E-state index contributed by atoms with van der Waals surface area (Å²) in [6.07, 6.45) is 0. The van der Waals surface area contributed by atoms with Gasteiger partial charge in [-0.25, -0.2) is 0 Å². The highest BCUT2D eigenvalue weighted by atomic mass is 35.5. The van der Waals surface area contributed by atoms with Crippen LogP contribution in [-0.2, 0) is 0 Å². The van der Waals surface area contributed by atoms with Crippen molar-refractivity contribution in [3.05, 3.63) is 103 Å². The number of allylic oxidation sites excluding steroid dienone is 8. The van der Waals surface area contributed by atoms with Gasteiger partial charge in [-0.3, -0.25) is 0 Å². The fourth-order valence-corrected chi connectivity index (χ4v) is 4.04. The summed E-state index contributed by atoms with van der Waals surface area (Å²) in [5.74, 6) is 0. The minimum Gasteiger partial charge on any atom is -0.0819 e. The molecule has 0 aromatic heterocycles. The monoisotopic (exact) mass is 390 g/mol. The highest BCUT2D eigenvalue weighted by Gasteiger charge is 2.39. The number of halogens is 4. The third-order valence-electron chi connectivity index (χ3n) is 4.08. The lowest BCUT2D eigenvalue weighted by Gasteiger charge is -2.01. The van der Waals surface area contributed by atoms with Crippen LogP contribution in [0.2, 0.25) is 0 Å². The molecule has 0 amide bonds. The van der Waals surface area contributed by atoms with Crippen LogP contribution in [0.15, 0.2) is 91.9 Å². The number of hydrogen-bond donors (Lipinski definition) is 0. The van der Waals surface area contributed by atoms with Crippen molar-refractivity contribution in [3.8, 4) is 0 Å². The molecule has 2 aromatic rings. The predicted molar refractivity (Wildman–Crippen MR) is 104 cm³/mol. The largest absolute Gasteiger partial charge is 0.0819 e. The summed E-state index contributed by atoms with van der Waals surface area (Å²) in [6, 6.07) is 20.3. The average molecular weight is 392 g/mol. The zero-order valence-corrected chi connectivity index (χ0v) is 15.3. The van der Waals surface area contributed by atoms with Crippen LogP contribution in [0.4, 0.5) is 0 Å². The summed E-state index contributed by atoms with van der Waals surface area (Å²) < 4.78 is 0. The van der Waals surface area contributed by atoms with E-state index < -0.39 is 0 Å². The first-order valence-corrected chi connectivity index (χ1v) is 8.84. The second-order valence-corrected chi connectivity index (χ2v) is 7.00. The third-order valence-corrected chi connectivity index (χ3v) is 5.88. The molecule has 0 fully saturated rings. The molecule has 4 rings (SSSR count). The quantitative estimate of drug-likeness (QED) is 0.503. The van der Waals surface area contributed by atoms with Gasteiger partial charge in [-0.1, -0.05) is 107 Å². The highest BCUT2D eigenvalue weighted by Crippen LogP contribution is 2.59. The van der Waals surface area contributed by atoms with Crippen LogP contribution in [0.5, 0.6) is 0 Å². The summed E-state index contributed by atoms with van der Waals surface area (Å²) in [4.78, 5) is 0. The molecule has 4 heteroatoms. The van der Waals surface area contributed by atoms with Crippen LogP contribution >= 0.6 is 46.4 Å². The topological polar surface area (TPSA) is 0 Å². The Bertz CT molecular complexity index is 884. The fraction of sp³-hybridized carbons (Fsp3) is 0. The Morgan fingerprint density at radius 2 is 0.750 bits per heavy atom. The highest BCUT2D eigenvalue weighted by molar-refractivity contribution is 6.56. The molecule has 0 aliphatic heterocycles. The zero-order chi connectivity index (χ0) is 16.8. The van der Waals surface area contributed by atoms with Crippen molar-refractivity contribution in [1.29, 1.82) is 0 Å². The van der Waals surface area contributed by atoms with Gasteiger partial charge in [0.25, 0.3) is 0 Å². The standard InChI is InChI=1S/C20H10Cl4/c21-17-16(18(22)20(24)19(17)23)15-13(11-7-3-1-4-8-11)14(15)12-9-5-2-6-10-12/h1-10H. The molecule has 0 N–H and O–H groups in total. The van der Waals surface area contributed by atoms with Gasteiger partial charge in [-0.05, 0) is 22.3 Å². The van der Waals surface area contributed by atoms with Gasteiger partial charge < -0.3 is 0 Å². The zero-order valence-electron chi connectivity index (χ0n) is 12.3. The van der Waals surface area contributed by atoms with Gasteiger partial charge in [0.05, 0.1) is 20.1 Å². The lowest BCUT2D eigenvalue weighted by atomic mass is 10.1. The fourth-order valence-electron chi connectivity index (χ4n) is 2.95. The minimum absolute atomic E-state index is 0.303. The lowest BCUT2D eigenvalue weighted by Crippen LogP contribution is -1.83. The maximum Gasteiger partial charge on any atom is 0.0800 e. The molecule has 0 bridgehead atoms. The molecule has 0 spiro atoms. The maximum atomic E-state index is 6.41. The van der Waals surface area contributed by atoms with Crippen LogP contribution in [0.25, 0.3) is 11.1 Å². The minimum atomic E-state index is 0.303. The van der Waals surface area contributed by atoms with E-state index in [1.807, 2.05) is 36.4 Å². The molecule has 0 atom stereocenters. The number of hydrogen-bond acceptors (Lipinski definition) is 0. The van der Waals surface area contributed by atoms with Crippen molar-refractivity contribution in [3.63, 3.8) is 0 Å². The van der Waals surface area contributed by atoms with Crippen LogP contribution in [0, 0.1) is 0 Å². The van der Waals surface area contributed by atoms with Crippen molar-refractivity contribution in [2.24, 2.45) is 0 Å². The lowest BCUT2D eigenvalue weighted by molar-refractivity contribution is 1.60. The molecule has 24 heavy (non-hydrogen) atoms. The molecule has 118 valence electrons. The van der Waals surface area contributed by atoms with E-state index in [1.54, 1.807) is 0 Å². The van der Waals surface area contributed by atoms with Crippen LogP contribution < -0.4 is 0 Å². The van der Waals surface area contributed by atoms with E-state index in [-0.39, 0.29) is 0 Å². The van der Waals surface area contributed by atoms with Crippen molar-refractivity contribution < 1.29 is 0 Å². The Balaban J connectivity index is 1.94. The van der Waals surface area contributed by atoms with Gasteiger partial charge in [0.2, 0.25) is 0 Å². The van der Waals surface area contributed by atoms with Crippen molar-refractivity contribution in [2.45, 2.75) is 0 Å². The predicted octanol–water partition coefficient (Wildman–Crippen LogP) is 7.30. The third kappa shape index (κ3) is 2.46. The van der Waals surface area contributed by atoms with Gasteiger partial charge in [0.15, 0.2) is 0 Å². The summed E-state index contributed by atoms with van der Waals surface area (Å²) in [7, 11) is 0. The van der Waals surface area contributed by atoms with E-state index in [9.17, 15) is 0 Å². The van der Waals surface area contributed by atoms with Gasteiger partial charge in [-0.2, -0.15) is 0 Å². The van der Waals surface area contributed by atoms with Gasteiger partial charge in [0, 0.05) is 11.1 Å². The van der Waals surface area contributed by atoms with E-state index in [2.05, 4.69) is 24.3 Å². The van der Waals surface area contributed by atoms with Crippen molar-refractivity contribution >= 4 is 57.5 Å². The molecule has 0 unspecified atom stereocenters. The Morgan fingerprint density at radius 3 is 1.12 bits per heavy atom. The Hall–Kier alpha value is -1.44. The summed E-state index contributed by atoms with van der Waals surface area (Å²) in [5.41, 5.74) is 6.22. The second kappa shape index (κ2) is 6.13. The first-order valence-electron chi connectivity index (χ1n) is 7.33. The van der Waals surface area contributed by atoms with Gasteiger partial charge in [0.1, 0.15) is 0 Å². The number of rotatable bonds is 2. The maximum absolute atomic E-state index is 6.41. The normalized spacial score (nSPS) is 17.3. The SMILES string of the molecule is ClC1=C(Cl)C(=C2C(c3ccccc3)=C2c2ccccc2)C(Cl)=C1Cl. The van der Waals surface area contributed by atoms with Gasteiger partial charge >= 0.3 is 0 Å². The van der Waals surface area contributed by atoms with Crippen molar-refractivity contribution in [2.75, 3.05) is 0 Å². The smallest absolute Gasteiger partial charge is 0.0800 e.